The van der Waals surface area contributed by atoms with Crippen LogP contribution in [0.25, 0.3) is 0 Å². The Labute approximate surface area is 115 Å². The zero-order valence-corrected chi connectivity index (χ0v) is 11.9. The molecule has 0 bridgehead atoms. The lowest BCUT2D eigenvalue weighted by Gasteiger charge is -2.07. The minimum Gasteiger partial charge on any atom is -0.379 e. The van der Waals surface area contributed by atoms with Crippen LogP contribution in [0.1, 0.15) is 5.56 Å². The molecule has 0 saturated heterocycles. The van der Waals surface area contributed by atoms with Gasteiger partial charge >= 0.3 is 0 Å². The lowest BCUT2D eigenvalue weighted by Crippen LogP contribution is -2.12. The van der Waals surface area contributed by atoms with Crippen LogP contribution < -0.4 is 10.9 Å². The molecule has 0 aliphatic heterocycles. The first-order valence-electron chi connectivity index (χ1n) is 4.88. The van der Waals surface area contributed by atoms with Gasteiger partial charge in [0.25, 0.3) is 5.56 Å². The van der Waals surface area contributed by atoms with Crippen molar-refractivity contribution in [3.05, 3.63) is 55.3 Å². The number of aromatic amines is 1. The summed E-state index contributed by atoms with van der Waals surface area (Å²) in [6.45, 7) is 0.628. The molecule has 0 spiro atoms. The molecule has 2 N–H and O–H groups in total. The Hall–Kier alpha value is -1.14. The van der Waals surface area contributed by atoms with E-state index < -0.39 is 0 Å². The first kappa shape index (κ1) is 12.3. The Bertz CT molecular complexity index is 583. The number of nitrogens with zero attached hydrogens (tertiary/aromatic N) is 1. The van der Waals surface area contributed by atoms with Gasteiger partial charge in [-0.1, -0.05) is 28.1 Å². The van der Waals surface area contributed by atoms with Gasteiger partial charge in [-0.15, -0.1) is 0 Å². The number of halogens is 2. The van der Waals surface area contributed by atoms with Crippen molar-refractivity contribution in [1.82, 2.24) is 10.2 Å². The molecule has 17 heavy (non-hydrogen) atoms. The maximum Gasteiger partial charge on any atom is 0.280 e. The normalized spacial score (nSPS) is 10.2. The van der Waals surface area contributed by atoms with Crippen LogP contribution in [0.15, 0.2) is 44.2 Å². The van der Waals surface area contributed by atoms with E-state index in [4.69, 9.17) is 0 Å². The van der Waals surface area contributed by atoms with Crippen LogP contribution >= 0.6 is 31.9 Å². The molecule has 0 fully saturated rings. The summed E-state index contributed by atoms with van der Waals surface area (Å²) in [5, 5.41) is 9.23. The number of benzene rings is 1. The standard InChI is InChI=1S/C11H9Br2N3O/c12-8-3-1-2-7(4-8)5-14-9-6-15-16-11(17)10(9)13/h1-4,6H,5H2,(H2,14,16,17). The highest BCUT2D eigenvalue weighted by Gasteiger charge is 2.03. The summed E-state index contributed by atoms with van der Waals surface area (Å²) in [7, 11) is 0. The van der Waals surface area contributed by atoms with E-state index in [1.165, 1.54) is 0 Å². The third-order valence-corrected chi connectivity index (χ3v) is 3.45. The molecule has 6 heteroatoms. The van der Waals surface area contributed by atoms with Crippen molar-refractivity contribution >= 4 is 37.5 Å². The average molecular weight is 359 g/mol. The molecule has 2 rings (SSSR count). The predicted octanol–water partition coefficient (Wildman–Crippen LogP) is 2.91. The van der Waals surface area contributed by atoms with Gasteiger partial charge in [0, 0.05) is 11.0 Å². The third-order valence-electron chi connectivity index (χ3n) is 2.17. The molecule has 2 aromatic rings. The summed E-state index contributed by atoms with van der Waals surface area (Å²) in [5.74, 6) is 0. The van der Waals surface area contributed by atoms with E-state index in [9.17, 15) is 4.79 Å². The Morgan fingerprint density at radius 3 is 2.94 bits per heavy atom. The second-order valence-electron chi connectivity index (χ2n) is 3.41. The van der Waals surface area contributed by atoms with E-state index in [1.807, 2.05) is 24.3 Å². The summed E-state index contributed by atoms with van der Waals surface area (Å²) < 4.78 is 1.49. The largest absolute Gasteiger partial charge is 0.379 e. The number of aromatic nitrogens is 2. The highest BCUT2D eigenvalue weighted by Crippen LogP contribution is 2.17. The number of rotatable bonds is 3. The zero-order chi connectivity index (χ0) is 12.3. The van der Waals surface area contributed by atoms with E-state index in [-0.39, 0.29) is 5.56 Å². The van der Waals surface area contributed by atoms with Gasteiger partial charge in [-0.05, 0) is 33.6 Å². The summed E-state index contributed by atoms with van der Waals surface area (Å²) in [6, 6.07) is 7.95. The topological polar surface area (TPSA) is 57.8 Å². The molecule has 4 nitrogen and oxygen atoms in total. The number of hydrogen-bond donors (Lipinski definition) is 2. The van der Waals surface area contributed by atoms with Crippen molar-refractivity contribution in [3.8, 4) is 0 Å². The SMILES string of the molecule is O=c1[nH]ncc(NCc2cccc(Br)c2)c1Br. The van der Waals surface area contributed by atoms with Gasteiger partial charge in [-0.3, -0.25) is 4.79 Å². The van der Waals surface area contributed by atoms with Crippen LogP contribution in [0.3, 0.4) is 0 Å². The van der Waals surface area contributed by atoms with Crippen LogP contribution in [0.5, 0.6) is 0 Å². The summed E-state index contributed by atoms with van der Waals surface area (Å²) in [5.41, 5.74) is 1.55. The quantitative estimate of drug-likeness (QED) is 0.886. The lowest BCUT2D eigenvalue weighted by molar-refractivity contribution is 0.971. The van der Waals surface area contributed by atoms with Crippen molar-refractivity contribution in [2.75, 3.05) is 5.32 Å². The van der Waals surface area contributed by atoms with E-state index in [0.717, 1.165) is 10.0 Å². The van der Waals surface area contributed by atoms with E-state index in [0.29, 0.717) is 16.7 Å². The summed E-state index contributed by atoms with van der Waals surface area (Å²) in [4.78, 5) is 11.3. The molecule has 0 aliphatic rings. The fourth-order valence-electron chi connectivity index (χ4n) is 1.35. The van der Waals surface area contributed by atoms with Gasteiger partial charge in [0.1, 0.15) is 4.47 Å². The molecule has 0 atom stereocenters. The van der Waals surface area contributed by atoms with Gasteiger partial charge in [0.2, 0.25) is 0 Å². The zero-order valence-electron chi connectivity index (χ0n) is 8.71. The lowest BCUT2D eigenvalue weighted by atomic mass is 10.2. The smallest absolute Gasteiger partial charge is 0.280 e. The van der Waals surface area contributed by atoms with Crippen LogP contribution in [0.2, 0.25) is 0 Å². The van der Waals surface area contributed by atoms with Crippen molar-refractivity contribution in [2.45, 2.75) is 6.54 Å². The first-order valence-corrected chi connectivity index (χ1v) is 6.47. The third kappa shape index (κ3) is 3.17. The molecule has 0 aliphatic carbocycles. The van der Waals surface area contributed by atoms with Crippen LogP contribution in [-0.2, 0) is 6.54 Å². The number of H-pyrrole nitrogens is 1. The molecular weight excluding hydrogens is 350 g/mol. The van der Waals surface area contributed by atoms with Crippen molar-refractivity contribution in [2.24, 2.45) is 0 Å². The molecular formula is C11H9Br2N3O. The average Bonchev–Trinajstić information content (AvgIpc) is 2.31. The second-order valence-corrected chi connectivity index (χ2v) is 5.12. The summed E-state index contributed by atoms with van der Waals surface area (Å²) in [6.07, 6.45) is 1.57. The van der Waals surface area contributed by atoms with E-state index in [1.54, 1.807) is 6.20 Å². The van der Waals surface area contributed by atoms with Gasteiger partial charge in [0.15, 0.2) is 0 Å². The first-order chi connectivity index (χ1) is 8.16. The minimum atomic E-state index is -0.246. The fourth-order valence-corrected chi connectivity index (χ4v) is 2.13. The Morgan fingerprint density at radius 2 is 2.18 bits per heavy atom. The molecule has 88 valence electrons. The van der Waals surface area contributed by atoms with Gasteiger partial charge in [0.05, 0.1) is 11.9 Å². The highest BCUT2D eigenvalue weighted by molar-refractivity contribution is 9.10. The molecule has 1 heterocycles. The fraction of sp³-hybridized carbons (Fsp3) is 0.0909. The molecule has 0 unspecified atom stereocenters. The number of hydrogen-bond acceptors (Lipinski definition) is 3. The summed E-state index contributed by atoms with van der Waals surface area (Å²) >= 11 is 6.62. The second kappa shape index (κ2) is 5.46. The molecule has 1 aromatic heterocycles. The predicted molar refractivity (Wildman–Crippen MR) is 74.0 cm³/mol. The Balaban J connectivity index is 2.13. The molecule has 1 aromatic carbocycles. The maximum atomic E-state index is 11.3. The Kier molecular flexibility index (Phi) is 3.96. The Morgan fingerprint density at radius 1 is 1.35 bits per heavy atom. The maximum absolute atomic E-state index is 11.3. The van der Waals surface area contributed by atoms with E-state index >= 15 is 0 Å². The number of anilines is 1. The highest BCUT2D eigenvalue weighted by atomic mass is 79.9. The van der Waals surface area contributed by atoms with Crippen LogP contribution in [0, 0.1) is 0 Å². The van der Waals surface area contributed by atoms with Crippen molar-refractivity contribution < 1.29 is 0 Å². The minimum absolute atomic E-state index is 0.246. The molecule has 0 radical (unpaired) electrons. The van der Waals surface area contributed by atoms with Crippen LogP contribution in [-0.4, -0.2) is 10.2 Å². The molecule has 0 amide bonds. The van der Waals surface area contributed by atoms with Gasteiger partial charge in [-0.25, -0.2) is 5.10 Å². The van der Waals surface area contributed by atoms with Gasteiger partial charge in [-0.2, -0.15) is 5.10 Å². The van der Waals surface area contributed by atoms with Crippen molar-refractivity contribution in [1.29, 1.82) is 0 Å². The van der Waals surface area contributed by atoms with Crippen molar-refractivity contribution in [3.63, 3.8) is 0 Å². The van der Waals surface area contributed by atoms with Gasteiger partial charge < -0.3 is 5.32 Å². The van der Waals surface area contributed by atoms with Crippen LogP contribution in [0.4, 0.5) is 5.69 Å². The monoisotopic (exact) mass is 357 g/mol. The molecule has 0 saturated carbocycles. The number of nitrogens with one attached hydrogen (secondary N) is 2. The van der Waals surface area contributed by atoms with E-state index in [2.05, 4.69) is 47.4 Å².